The van der Waals surface area contributed by atoms with Crippen LogP contribution in [0.5, 0.6) is 0 Å². The summed E-state index contributed by atoms with van der Waals surface area (Å²) in [6.07, 6.45) is 9.18. The van der Waals surface area contributed by atoms with E-state index in [-0.39, 0.29) is 29.7 Å². The van der Waals surface area contributed by atoms with Gasteiger partial charge in [-0.1, -0.05) is 30.3 Å². The average molecular weight is 424 g/mol. The van der Waals surface area contributed by atoms with E-state index in [0.29, 0.717) is 6.54 Å². The lowest BCUT2D eigenvalue weighted by molar-refractivity contribution is -0.146. The highest BCUT2D eigenvalue weighted by Crippen LogP contribution is 2.60. The van der Waals surface area contributed by atoms with Crippen LogP contribution in [0.2, 0.25) is 0 Å². The molecule has 4 aliphatic rings. The number of thiazole rings is 1. The van der Waals surface area contributed by atoms with Crippen LogP contribution in [-0.4, -0.2) is 23.3 Å². The number of benzene rings is 1. The van der Waals surface area contributed by atoms with Gasteiger partial charge in [-0.2, -0.15) is 0 Å². The molecule has 1 heterocycles. The monoisotopic (exact) mass is 423 g/mol. The Morgan fingerprint density at radius 2 is 1.73 bits per heavy atom. The van der Waals surface area contributed by atoms with Crippen LogP contribution in [0.4, 0.5) is 0 Å². The lowest BCUT2D eigenvalue weighted by Crippen LogP contribution is -2.53. The summed E-state index contributed by atoms with van der Waals surface area (Å²) >= 11 is 1.53. The molecule has 2 aromatic rings. The zero-order valence-electron chi connectivity index (χ0n) is 17.2. The van der Waals surface area contributed by atoms with Crippen molar-refractivity contribution >= 4 is 23.2 Å². The van der Waals surface area contributed by atoms with Gasteiger partial charge in [-0.05, 0) is 61.8 Å². The van der Waals surface area contributed by atoms with Gasteiger partial charge in [0.2, 0.25) is 11.8 Å². The Labute approximate surface area is 181 Å². The number of rotatable bonds is 7. The molecule has 5 nitrogen and oxygen atoms in total. The van der Waals surface area contributed by atoms with Crippen LogP contribution in [0.25, 0.3) is 0 Å². The predicted octanol–water partition coefficient (Wildman–Crippen LogP) is 4.07. The number of carbonyl (C=O) groups is 2. The Balaban J connectivity index is 1.17. The summed E-state index contributed by atoms with van der Waals surface area (Å²) in [6.45, 7) is 0.395. The second kappa shape index (κ2) is 8.14. The molecule has 1 unspecified atom stereocenters. The molecule has 6 heteroatoms. The highest BCUT2D eigenvalue weighted by Gasteiger charge is 2.54. The van der Waals surface area contributed by atoms with Crippen molar-refractivity contribution in [1.29, 1.82) is 0 Å². The summed E-state index contributed by atoms with van der Waals surface area (Å²) in [7, 11) is 0. The molecule has 4 saturated carbocycles. The number of aromatic nitrogens is 1. The predicted molar refractivity (Wildman–Crippen MR) is 117 cm³/mol. The molecule has 4 bridgehead atoms. The molecule has 0 spiro atoms. The van der Waals surface area contributed by atoms with Crippen molar-refractivity contribution in [2.24, 2.45) is 23.2 Å². The van der Waals surface area contributed by atoms with Crippen LogP contribution >= 0.6 is 11.3 Å². The maximum atomic E-state index is 13.1. The molecule has 4 aliphatic carbocycles. The Morgan fingerprint density at radius 3 is 2.33 bits per heavy atom. The van der Waals surface area contributed by atoms with Gasteiger partial charge in [0.1, 0.15) is 11.0 Å². The van der Waals surface area contributed by atoms with Gasteiger partial charge in [-0.3, -0.25) is 9.59 Å². The van der Waals surface area contributed by atoms with E-state index in [1.54, 1.807) is 6.20 Å². The van der Waals surface area contributed by atoms with Crippen molar-refractivity contribution in [3.05, 3.63) is 52.5 Å². The highest BCUT2D eigenvalue weighted by atomic mass is 32.1. The summed E-state index contributed by atoms with van der Waals surface area (Å²) in [6, 6.07) is 9.64. The SMILES string of the molecule is O=C(CCNC(=O)C12CC3CC(CC(C3)C1)C2)NC(c1ccccc1)c1nccs1. The standard InChI is InChI=1S/C24H29N3O2S/c28-20(27-21(22-25-8-9-30-22)19-4-2-1-3-5-19)6-7-26-23(29)24-13-16-10-17(14-24)12-18(11-16)15-24/h1-5,8-9,16-18,21H,6-7,10-15H2,(H,26,29)(H,27,28). The average Bonchev–Trinajstić information content (AvgIpc) is 3.26. The van der Waals surface area contributed by atoms with Gasteiger partial charge < -0.3 is 10.6 Å². The molecule has 0 saturated heterocycles. The minimum absolute atomic E-state index is 0.0649. The van der Waals surface area contributed by atoms with Gasteiger partial charge in [0.15, 0.2) is 0 Å². The maximum Gasteiger partial charge on any atom is 0.226 e. The van der Waals surface area contributed by atoms with Crippen LogP contribution in [0.15, 0.2) is 41.9 Å². The Bertz CT molecular complexity index is 861. The minimum atomic E-state index is -0.252. The van der Waals surface area contributed by atoms with Gasteiger partial charge in [0.25, 0.3) is 0 Å². The number of nitrogens with one attached hydrogen (secondary N) is 2. The lowest BCUT2D eigenvalue weighted by atomic mass is 9.49. The molecule has 6 rings (SSSR count). The fourth-order valence-electron chi connectivity index (χ4n) is 6.41. The molecule has 30 heavy (non-hydrogen) atoms. The third-order valence-corrected chi connectivity index (χ3v) is 8.13. The first-order chi connectivity index (χ1) is 14.6. The van der Waals surface area contributed by atoms with Crippen molar-refractivity contribution < 1.29 is 9.59 Å². The number of hydrogen-bond acceptors (Lipinski definition) is 4. The summed E-state index contributed by atoms with van der Waals surface area (Å²) in [5, 5.41) is 9.00. The third kappa shape index (κ3) is 3.89. The zero-order chi connectivity index (χ0) is 20.6. The van der Waals surface area contributed by atoms with Crippen LogP contribution in [0.1, 0.15) is 61.6 Å². The zero-order valence-corrected chi connectivity index (χ0v) is 18.0. The largest absolute Gasteiger partial charge is 0.355 e. The number of carbonyl (C=O) groups excluding carboxylic acids is 2. The van der Waals surface area contributed by atoms with Crippen molar-refractivity contribution in [3.8, 4) is 0 Å². The fourth-order valence-corrected chi connectivity index (χ4v) is 7.12. The number of amides is 2. The van der Waals surface area contributed by atoms with Gasteiger partial charge in [-0.25, -0.2) is 4.98 Å². The quantitative estimate of drug-likeness (QED) is 0.705. The van der Waals surface area contributed by atoms with Crippen LogP contribution in [-0.2, 0) is 9.59 Å². The Hall–Kier alpha value is -2.21. The second-order valence-corrected chi connectivity index (χ2v) is 10.4. The maximum absolute atomic E-state index is 13.1. The van der Waals surface area contributed by atoms with Crippen molar-refractivity contribution in [1.82, 2.24) is 15.6 Å². The van der Waals surface area contributed by atoms with Crippen LogP contribution < -0.4 is 10.6 Å². The smallest absolute Gasteiger partial charge is 0.226 e. The van der Waals surface area contributed by atoms with Gasteiger partial charge in [-0.15, -0.1) is 11.3 Å². The van der Waals surface area contributed by atoms with Crippen LogP contribution in [0, 0.1) is 23.2 Å². The van der Waals surface area contributed by atoms with E-state index in [0.717, 1.165) is 47.6 Å². The third-order valence-electron chi connectivity index (χ3n) is 7.29. The topological polar surface area (TPSA) is 71.1 Å². The molecule has 2 N–H and O–H groups in total. The van der Waals surface area contributed by atoms with Crippen LogP contribution in [0.3, 0.4) is 0 Å². The normalized spacial score (nSPS) is 30.1. The number of hydrogen-bond donors (Lipinski definition) is 2. The molecular weight excluding hydrogens is 394 g/mol. The number of nitrogens with zero attached hydrogens (tertiary/aromatic N) is 1. The molecule has 1 atom stereocenters. The van der Waals surface area contributed by atoms with E-state index < -0.39 is 0 Å². The van der Waals surface area contributed by atoms with E-state index in [1.165, 1.54) is 30.6 Å². The Kier molecular flexibility index (Phi) is 5.35. The van der Waals surface area contributed by atoms with Crippen molar-refractivity contribution in [2.75, 3.05) is 6.54 Å². The summed E-state index contributed by atoms with van der Waals surface area (Å²) in [5.74, 6) is 2.36. The van der Waals surface area contributed by atoms with Gasteiger partial charge in [0, 0.05) is 30.0 Å². The van der Waals surface area contributed by atoms with Crippen molar-refractivity contribution in [2.45, 2.75) is 51.0 Å². The first-order valence-electron chi connectivity index (χ1n) is 11.1. The van der Waals surface area contributed by atoms with E-state index in [4.69, 9.17) is 0 Å². The Morgan fingerprint density at radius 1 is 1.07 bits per heavy atom. The summed E-state index contributed by atoms with van der Waals surface area (Å²) in [4.78, 5) is 30.1. The molecule has 4 fully saturated rings. The molecular formula is C24H29N3O2S. The minimum Gasteiger partial charge on any atom is -0.355 e. The van der Waals surface area contributed by atoms with E-state index in [9.17, 15) is 9.59 Å². The molecule has 0 radical (unpaired) electrons. The van der Waals surface area contributed by atoms with E-state index in [2.05, 4.69) is 15.6 Å². The summed E-state index contributed by atoms with van der Waals surface area (Å²) < 4.78 is 0. The summed E-state index contributed by atoms with van der Waals surface area (Å²) in [5.41, 5.74) is 0.858. The fraction of sp³-hybridized carbons (Fsp3) is 0.542. The first kappa shape index (κ1) is 19.7. The molecule has 158 valence electrons. The molecule has 1 aromatic carbocycles. The first-order valence-corrected chi connectivity index (χ1v) is 12.0. The van der Waals surface area contributed by atoms with E-state index >= 15 is 0 Å². The molecule has 1 aromatic heterocycles. The van der Waals surface area contributed by atoms with Gasteiger partial charge in [0.05, 0.1) is 0 Å². The van der Waals surface area contributed by atoms with E-state index in [1.807, 2.05) is 35.7 Å². The lowest BCUT2D eigenvalue weighted by Gasteiger charge is -2.55. The molecule has 2 amide bonds. The van der Waals surface area contributed by atoms with Crippen molar-refractivity contribution in [3.63, 3.8) is 0 Å². The van der Waals surface area contributed by atoms with Gasteiger partial charge >= 0.3 is 0 Å². The second-order valence-electron chi connectivity index (χ2n) is 9.49. The highest BCUT2D eigenvalue weighted by molar-refractivity contribution is 7.09. The molecule has 0 aliphatic heterocycles.